The van der Waals surface area contributed by atoms with Crippen LogP contribution in [-0.2, 0) is 21.2 Å². The molecule has 0 radical (unpaired) electrons. The average molecular weight is 395 g/mol. The highest BCUT2D eigenvalue weighted by molar-refractivity contribution is 7.89. The highest BCUT2D eigenvalue weighted by Gasteiger charge is 2.31. The molecule has 0 aliphatic carbocycles. The van der Waals surface area contributed by atoms with Crippen LogP contribution in [0.5, 0.6) is 11.8 Å². The minimum Gasteiger partial charge on any atom is -0.424 e. The molecular weight excluding hydrogens is 381 g/mol. The number of aromatic nitrogens is 2. The van der Waals surface area contributed by atoms with Crippen LogP contribution in [0.2, 0.25) is 0 Å². The Kier molecular flexibility index (Phi) is 5.01. The number of hydrogen-bond donors (Lipinski definition) is 3. The molecule has 27 heavy (non-hydrogen) atoms. The van der Waals surface area contributed by atoms with E-state index in [4.69, 9.17) is 4.74 Å². The van der Waals surface area contributed by atoms with Crippen molar-refractivity contribution in [3.8, 4) is 11.8 Å². The van der Waals surface area contributed by atoms with Crippen molar-refractivity contribution in [2.45, 2.75) is 17.4 Å². The minimum absolute atomic E-state index is 0.0775. The van der Waals surface area contributed by atoms with Crippen LogP contribution in [0.15, 0.2) is 35.5 Å². The number of carbonyl (C=O) groups is 2. The van der Waals surface area contributed by atoms with Crippen molar-refractivity contribution in [3.05, 3.63) is 42.0 Å². The first-order valence-corrected chi connectivity index (χ1v) is 9.10. The van der Waals surface area contributed by atoms with E-state index < -0.39 is 33.8 Å². The lowest BCUT2D eigenvalue weighted by atomic mass is 10.1. The summed E-state index contributed by atoms with van der Waals surface area (Å²) in [6.45, 7) is 0. The molecular formula is C15H14FN5O5S. The van der Waals surface area contributed by atoms with Crippen LogP contribution in [0, 0.1) is 5.82 Å². The van der Waals surface area contributed by atoms with E-state index in [1.807, 2.05) is 0 Å². The highest BCUT2D eigenvalue weighted by Crippen LogP contribution is 2.26. The lowest BCUT2D eigenvalue weighted by molar-refractivity contribution is -0.120. The highest BCUT2D eigenvalue weighted by atomic mass is 32.2. The van der Waals surface area contributed by atoms with E-state index in [0.29, 0.717) is 0 Å². The molecule has 0 saturated carbocycles. The summed E-state index contributed by atoms with van der Waals surface area (Å²) in [5.74, 6) is -1.03. The first-order chi connectivity index (χ1) is 12.8. The molecule has 12 heteroatoms. The van der Waals surface area contributed by atoms with E-state index in [1.165, 1.54) is 25.2 Å². The Morgan fingerprint density at radius 1 is 1.26 bits per heavy atom. The molecule has 142 valence electrons. The number of halogens is 1. The van der Waals surface area contributed by atoms with Crippen LogP contribution in [-0.4, -0.2) is 43.4 Å². The fraction of sp³-hybridized carbons (Fsp3) is 0.200. The first kappa shape index (κ1) is 18.7. The molecule has 1 aromatic heterocycles. The summed E-state index contributed by atoms with van der Waals surface area (Å²) >= 11 is 0. The maximum atomic E-state index is 12.9. The lowest BCUT2D eigenvalue weighted by Crippen LogP contribution is -2.32. The van der Waals surface area contributed by atoms with Crippen molar-refractivity contribution in [1.82, 2.24) is 25.3 Å². The van der Waals surface area contributed by atoms with Crippen LogP contribution >= 0.6 is 0 Å². The van der Waals surface area contributed by atoms with Crippen molar-refractivity contribution in [2.75, 3.05) is 7.05 Å². The van der Waals surface area contributed by atoms with Crippen LogP contribution < -0.4 is 20.1 Å². The van der Waals surface area contributed by atoms with E-state index in [2.05, 4.69) is 25.3 Å². The Hall–Kier alpha value is -3.12. The molecule has 2 aromatic rings. The van der Waals surface area contributed by atoms with Gasteiger partial charge in [0.25, 0.3) is 5.91 Å². The second-order valence-electron chi connectivity index (χ2n) is 5.48. The van der Waals surface area contributed by atoms with Gasteiger partial charge < -0.3 is 10.1 Å². The second-order valence-corrected chi connectivity index (χ2v) is 7.34. The number of carbonyl (C=O) groups excluding carboxylic acids is 2. The molecule has 2 heterocycles. The number of rotatable bonds is 6. The molecule has 1 aliphatic rings. The number of hydrogen-bond acceptors (Lipinski definition) is 7. The SMILES string of the molecule is CNS(=O)(=O)c1ccc(Oc2ncc(F)cn2)cc1CC1NC(=O)NC1=O. The number of imide groups is 1. The summed E-state index contributed by atoms with van der Waals surface area (Å²) in [6, 6.07) is 2.31. The number of sulfonamides is 1. The Morgan fingerprint density at radius 2 is 1.96 bits per heavy atom. The zero-order valence-electron chi connectivity index (χ0n) is 13.9. The number of benzene rings is 1. The molecule has 1 aromatic carbocycles. The number of ether oxygens (including phenoxy) is 1. The normalized spacial score (nSPS) is 16.7. The summed E-state index contributed by atoms with van der Waals surface area (Å²) in [5.41, 5.74) is 0.228. The zero-order chi connectivity index (χ0) is 19.6. The van der Waals surface area contributed by atoms with Crippen LogP contribution in [0.25, 0.3) is 0 Å². The van der Waals surface area contributed by atoms with Crippen LogP contribution in [0.1, 0.15) is 5.56 Å². The summed E-state index contributed by atoms with van der Waals surface area (Å²) in [7, 11) is -2.58. The van der Waals surface area contributed by atoms with Gasteiger partial charge in [-0.25, -0.2) is 32.3 Å². The van der Waals surface area contributed by atoms with E-state index >= 15 is 0 Å². The number of nitrogens with zero attached hydrogens (tertiary/aromatic N) is 2. The topological polar surface area (TPSA) is 139 Å². The standard InChI is InChI=1S/C15H14FN5O5S/c1-17-27(24,25)12-3-2-10(26-15-18-6-9(16)7-19-15)4-8(12)5-11-13(22)21-14(23)20-11/h2-4,6-7,11,17H,5H2,1H3,(H2,20,21,22,23). The quantitative estimate of drug-likeness (QED) is 0.588. The van der Waals surface area contributed by atoms with Gasteiger partial charge in [0, 0.05) is 6.42 Å². The van der Waals surface area contributed by atoms with E-state index in [9.17, 15) is 22.4 Å². The number of amides is 3. The van der Waals surface area contributed by atoms with Crippen molar-refractivity contribution in [2.24, 2.45) is 0 Å². The van der Waals surface area contributed by atoms with Gasteiger partial charge in [0.2, 0.25) is 10.0 Å². The summed E-state index contributed by atoms with van der Waals surface area (Å²) in [6.07, 6.45) is 1.75. The third kappa shape index (κ3) is 4.17. The number of urea groups is 1. The number of nitrogens with one attached hydrogen (secondary N) is 3. The van der Waals surface area contributed by atoms with Gasteiger partial charge in [-0.3, -0.25) is 10.1 Å². The summed E-state index contributed by atoms with van der Waals surface area (Å²) in [5, 5.41) is 4.48. The van der Waals surface area contributed by atoms with Crippen molar-refractivity contribution < 1.29 is 27.1 Å². The van der Waals surface area contributed by atoms with Crippen molar-refractivity contribution in [1.29, 1.82) is 0 Å². The Bertz CT molecular complexity index is 996. The smallest absolute Gasteiger partial charge is 0.322 e. The van der Waals surface area contributed by atoms with Crippen LogP contribution in [0.4, 0.5) is 9.18 Å². The van der Waals surface area contributed by atoms with Crippen molar-refractivity contribution in [3.63, 3.8) is 0 Å². The molecule has 3 rings (SSSR count). The van der Waals surface area contributed by atoms with Gasteiger partial charge in [0.1, 0.15) is 11.8 Å². The summed E-state index contributed by atoms with van der Waals surface area (Å²) in [4.78, 5) is 30.3. The Morgan fingerprint density at radius 3 is 2.56 bits per heavy atom. The average Bonchev–Trinajstić information content (AvgIpc) is 2.94. The fourth-order valence-corrected chi connectivity index (χ4v) is 3.39. The maximum absolute atomic E-state index is 12.9. The van der Waals surface area contributed by atoms with Gasteiger partial charge >= 0.3 is 12.0 Å². The van der Waals surface area contributed by atoms with Gasteiger partial charge in [-0.15, -0.1) is 0 Å². The molecule has 0 bridgehead atoms. The Balaban J connectivity index is 1.94. The molecule has 0 spiro atoms. The van der Waals surface area contributed by atoms with Gasteiger partial charge in [-0.2, -0.15) is 0 Å². The molecule has 1 unspecified atom stereocenters. The molecule has 1 fully saturated rings. The maximum Gasteiger partial charge on any atom is 0.322 e. The van der Waals surface area contributed by atoms with Gasteiger partial charge in [-0.05, 0) is 30.8 Å². The lowest BCUT2D eigenvalue weighted by Gasteiger charge is -2.14. The molecule has 3 amide bonds. The van der Waals surface area contributed by atoms with Gasteiger partial charge in [0.05, 0.1) is 17.3 Å². The second kappa shape index (κ2) is 7.25. The molecule has 1 saturated heterocycles. The largest absolute Gasteiger partial charge is 0.424 e. The predicted octanol–water partition coefficient (Wildman–Crippen LogP) is 0.0666. The predicted molar refractivity (Wildman–Crippen MR) is 88.9 cm³/mol. The fourth-order valence-electron chi connectivity index (χ4n) is 2.43. The van der Waals surface area contributed by atoms with Gasteiger partial charge in [0.15, 0.2) is 5.82 Å². The van der Waals surface area contributed by atoms with E-state index in [1.54, 1.807) is 0 Å². The van der Waals surface area contributed by atoms with Crippen molar-refractivity contribution >= 4 is 22.0 Å². The Labute approximate surface area is 153 Å². The van der Waals surface area contributed by atoms with Crippen LogP contribution in [0.3, 0.4) is 0 Å². The van der Waals surface area contributed by atoms with E-state index in [-0.39, 0.29) is 28.6 Å². The third-order valence-electron chi connectivity index (χ3n) is 3.68. The third-order valence-corrected chi connectivity index (χ3v) is 5.19. The van der Waals surface area contributed by atoms with Gasteiger partial charge in [-0.1, -0.05) is 0 Å². The minimum atomic E-state index is -3.83. The molecule has 1 atom stereocenters. The monoisotopic (exact) mass is 395 g/mol. The zero-order valence-corrected chi connectivity index (χ0v) is 14.7. The van der Waals surface area contributed by atoms with E-state index in [0.717, 1.165) is 12.4 Å². The molecule has 10 nitrogen and oxygen atoms in total. The first-order valence-electron chi connectivity index (χ1n) is 7.62. The molecule has 3 N–H and O–H groups in total. The summed E-state index contributed by atoms with van der Waals surface area (Å²) < 4.78 is 45.0. The molecule has 1 aliphatic heterocycles.